The largest absolute Gasteiger partial charge is 0.354 e. The maximum Gasteiger partial charge on any atom is 0.225 e. The van der Waals surface area contributed by atoms with E-state index in [0.29, 0.717) is 12.2 Å². The van der Waals surface area contributed by atoms with Crippen LogP contribution in [0, 0.1) is 5.92 Å². The van der Waals surface area contributed by atoms with E-state index in [-0.39, 0.29) is 17.4 Å². The van der Waals surface area contributed by atoms with Gasteiger partial charge in [0.05, 0.1) is 12.2 Å². The molecule has 3 rings (SSSR count). The molecule has 112 valence electrons. The van der Waals surface area contributed by atoms with Gasteiger partial charge < -0.3 is 15.2 Å². The van der Waals surface area contributed by atoms with Gasteiger partial charge in [0.1, 0.15) is 11.8 Å². The van der Waals surface area contributed by atoms with E-state index in [1.807, 2.05) is 20.8 Å². The number of fused-ring (bicyclic) bond motifs is 1. The number of H-pyrrole nitrogens is 1. The molecule has 1 aliphatic heterocycles. The standard InChI is InChI=1S/C14H20N6O/c1-14(2,3)19-13(21)9-4-5-20(6-9)12-10-11(16-7-15-10)17-8-18-12/h7-9H,4-6H2,1-3H3,(H,19,21)(H,15,16,17,18). The van der Waals surface area contributed by atoms with Crippen LogP contribution in [-0.4, -0.2) is 44.5 Å². The SMILES string of the molecule is CC(C)(C)NC(=O)C1CCN(c2ncnc3nc[nH]c23)C1. The van der Waals surface area contributed by atoms with Crippen LogP contribution in [0.15, 0.2) is 12.7 Å². The van der Waals surface area contributed by atoms with Gasteiger partial charge in [0.2, 0.25) is 5.91 Å². The lowest BCUT2D eigenvalue weighted by Gasteiger charge is -2.23. The van der Waals surface area contributed by atoms with E-state index in [4.69, 9.17) is 0 Å². The van der Waals surface area contributed by atoms with Crippen LogP contribution in [0.2, 0.25) is 0 Å². The Labute approximate surface area is 123 Å². The zero-order chi connectivity index (χ0) is 15.0. The molecular formula is C14H20N6O. The first-order valence-electron chi connectivity index (χ1n) is 7.15. The fourth-order valence-electron chi connectivity index (χ4n) is 2.63. The number of aromatic nitrogens is 4. The molecule has 7 heteroatoms. The zero-order valence-corrected chi connectivity index (χ0v) is 12.6. The van der Waals surface area contributed by atoms with Crippen LogP contribution in [0.5, 0.6) is 0 Å². The maximum atomic E-state index is 12.3. The van der Waals surface area contributed by atoms with Gasteiger partial charge in [-0.05, 0) is 27.2 Å². The Morgan fingerprint density at radius 2 is 2.19 bits per heavy atom. The van der Waals surface area contributed by atoms with Crippen molar-refractivity contribution in [2.24, 2.45) is 5.92 Å². The van der Waals surface area contributed by atoms with Crippen molar-refractivity contribution in [3.05, 3.63) is 12.7 Å². The summed E-state index contributed by atoms with van der Waals surface area (Å²) in [6.45, 7) is 7.48. The molecule has 0 aromatic carbocycles. The number of carbonyl (C=O) groups excluding carboxylic acids is 1. The average Bonchev–Trinajstić information content (AvgIpc) is 3.05. The average molecular weight is 288 g/mol. The van der Waals surface area contributed by atoms with E-state index in [1.54, 1.807) is 6.33 Å². The lowest BCUT2D eigenvalue weighted by molar-refractivity contribution is -0.125. The van der Waals surface area contributed by atoms with Crippen LogP contribution in [-0.2, 0) is 4.79 Å². The molecule has 21 heavy (non-hydrogen) atoms. The van der Waals surface area contributed by atoms with Crippen molar-refractivity contribution in [3.8, 4) is 0 Å². The number of carbonyl (C=O) groups is 1. The summed E-state index contributed by atoms with van der Waals surface area (Å²) >= 11 is 0. The second kappa shape index (κ2) is 4.98. The summed E-state index contributed by atoms with van der Waals surface area (Å²) in [5.41, 5.74) is 1.28. The van der Waals surface area contributed by atoms with Crippen LogP contribution in [0.25, 0.3) is 11.2 Å². The molecular weight excluding hydrogens is 268 g/mol. The zero-order valence-electron chi connectivity index (χ0n) is 12.6. The number of imidazole rings is 1. The fraction of sp³-hybridized carbons (Fsp3) is 0.571. The normalized spacial score (nSPS) is 19.2. The van der Waals surface area contributed by atoms with Crippen LogP contribution in [0.1, 0.15) is 27.2 Å². The van der Waals surface area contributed by atoms with E-state index in [2.05, 4.69) is 30.2 Å². The number of nitrogens with one attached hydrogen (secondary N) is 2. The minimum Gasteiger partial charge on any atom is -0.354 e. The molecule has 0 bridgehead atoms. The third kappa shape index (κ3) is 2.81. The monoisotopic (exact) mass is 288 g/mol. The molecule has 7 nitrogen and oxygen atoms in total. The summed E-state index contributed by atoms with van der Waals surface area (Å²) in [4.78, 5) is 30.0. The van der Waals surface area contributed by atoms with Crippen LogP contribution < -0.4 is 10.2 Å². The topological polar surface area (TPSA) is 86.8 Å². The molecule has 2 aromatic heterocycles. The van der Waals surface area contributed by atoms with Gasteiger partial charge in [-0.15, -0.1) is 0 Å². The number of amides is 1. The first-order valence-corrected chi connectivity index (χ1v) is 7.15. The number of hydrogen-bond donors (Lipinski definition) is 2. The van der Waals surface area contributed by atoms with Crippen molar-refractivity contribution in [3.63, 3.8) is 0 Å². The van der Waals surface area contributed by atoms with E-state index >= 15 is 0 Å². The third-order valence-corrected chi connectivity index (χ3v) is 3.56. The van der Waals surface area contributed by atoms with Gasteiger partial charge in [0.25, 0.3) is 0 Å². The molecule has 2 aromatic rings. The van der Waals surface area contributed by atoms with Gasteiger partial charge in [-0.3, -0.25) is 4.79 Å². The second-order valence-electron chi connectivity index (χ2n) is 6.47. The summed E-state index contributed by atoms with van der Waals surface area (Å²) in [6, 6.07) is 0. The van der Waals surface area contributed by atoms with Crippen molar-refractivity contribution in [1.82, 2.24) is 25.3 Å². The number of aromatic amines is 1. The minimum absolute atomic E-state index is 0.00263. The molecule has 0 radical (unpaired) electrons. The Bertz CT molecular complexity index is 659. The maximum absolute atomic E-state index is 12.3. The fourth-order valence-corrected chi connectivity index (χ4v) is 2.63. The van der Waals surface area contributed by atoms with Gasteiger partial charge in [-0.25, -0.2) is 15.0 Å². The molecule has 1 fully saturated rings. The summed E-state index contributed by atoms with van der Waals surface area (Å²) in [7, 11) is 0. The summed E-state index contributed by atoms with van der Waals surface area (Å²) < 4.78 is 0. The lowest BCUT2D eigenvalue weighted by atomic mass is 10.0. The Hall–Kier alpha value is -2.18. The predicted octanol–water partition coefficient (Wildman–Crippen LogP) is 1.09. The highest BCUT2D eigenvalue weighted by Gasteiger charge is 2.31. The molecule has 1 aliphatic rings. The first kappa shape index (κ1) is 13.8. The highest BCUT2D eigenvalue weighted by atomic mass is 16.2. The van der Waals surface area contributed by atoms with E-state index in [0.717, 1.165) is 24.3 Å². The van der Waals surface area contributed by atoms with Crippen LogP contribution >= 0.6 is 0 Å². The van der Waals surface area contributed by atoms with Crippen LogP contribution in [0.4, 0.5) is 5.82 Å². The summed E-state index contributed by atoms with van der Waals surface area (Å²) in [6.07, 6.45) is 3.96. The predicted molar refractivity (Wildman–Crippen MR) is 79.9 cm³/mol. The van der Waals surface area contributed by atoms with Crippen LogP contribution in [0.3, 0.4) is 0 Å². The van der Waals surface area contributed by atoms with Gasteiger partial charge >= 0.3 is 0 Å². The van der Waals surface area contributed by atoms with Gasteiger partial charge in [-0.2, -0.15) is 0 Å². The minimum atomic E-state index is -0.198. The highest BCUT2D eigenvalue weighted by Crippen LogP contribution is 2.26. The highest BCUT2D eigenvalue weighted by molar-refractivity contribution is 5.85. The molecule has 3 heterocycles. The van der Waals surface area contributed by atoms with Crippen molar-refractivity contribution in [1.29, 1.82) is 0 Å². The van der Waals surface area contributed by atoms with Crippen molar-refractivity contribution in [2.75, 3.05) is 18.0 Å². The molecule has 1 atom stereocenters. The Morgan fingerprint density at radius 3 is 2.95 bits per heavy atom. The quantitative estimate of drug-likeness (QED) is 0.864. The smallest absolute Gasteiger partial charge is 0.225 e. The Kier molecular flexibility index (Phi) is 3.27. The van der Waals surface area contributed by atoms with Gasteiger partial charge in [0, 0.05) is 18.6 Å². The van der Waals surface area contributed by atoms with E-state index in [9.17, 15) is 4.79 Å². The summed E-state index contributed by atoms with van der Waals surface area (Å²) in [5, 5.41) is 3.05. The van der Waals surface area contributed by atoms with Gasteiger partial charge in [0.15, 0.2) is 11.5 Å². The molecule has 1 saturated heterocycles. The Morgan fingerprint density at radius 1 is 1.38 bits per heavy atom. The van der Waals surface area contributed by atoms with E-state index in [1.165, 1.54) is 6.33 Å². The van der Waals surface area contributed by atoms with Crippen molar-refractivity contribution >= 4 is 22.9 Å². The molecule has 0 aliphatic carbocycles. The molecule has 1 amide bonds. The third-order valence-electron chi connectivity index (χ3n) is 3.56. The van der Waals surface area contributed by atoms with Crippen molar-refractivity contribution < 1.29 is 4.79 Å². The number of rotatable bonds is 2. The summed E-state index contributed by atoms with van der Waals surface area (Å²) in [5.74, 6) is 0.931. The lowest BCUT2D eigenvalue weighted by Crippen LogP contribution is -2.44. The number of anilines is 1. The second-order valence-corrected chi connectivity index (χ2v) is 6.47. The molecule has 2 N–H and O–H groups in total. The Balaban J connectivity index is 1.75. The number of hydrogen-bond acceptors (Lipinski definition) is 5. The molecule has 1 unspecified atom stereocenters. The molecule has 0 saturated carbocycles. The number of nitrogens with zero attached hydrogens (tertiary/aromatic N) is 4. The van der Waals surface area contributed by atoms with Crippen molar-refractivity contribution in [2.45, 2.75) is 32.7 Å². The van der Waals surface area contributed by atoms with E-state index < -0.39 is 0 Å². The first-order chi connectivity index (χ1) is 9.94. The molecule has 0 spiro atoms. The van der Waals surface area contributed by atoms with Gasteiger partial charge in [-0.1, -0.05) is 0 Å².